The van der Waals surface area contributed by atoms with Gasteiger partial charge < -0.3 is 15.3 Å². The fraction of sp³-hybridized carbons (Fsp3) is 0.812. The topological polar surface area (TPSA) is 80.6 Å². The van der Waals surface area contributed by atoms with Crippen molar-refractivity contribution in [3.8, 4) is 0 Å². The zero-order valence-electron chi connectivity index (χ0n) is 12.5. The van der Waals surface area contributed by atoms with Crippen molar-refractivity contribution in [3.05, 3.63) is 12.3 Å². The Morgan fingerprint density at radius 3 is 2.30 bits per heavy atom. The number of rotatable bonds is 6. The van der Waals surface area contributed by atoms with E-state index in [2.05, 4.69) is 13.5 Å². The number of carbonyl (C=O) groups excluding carboxylic acids is 1. The standard InChI is InChI=1S/C13H22O3.C3H6O/c1-2-3-4-5-11(15)13(16)12-9-6-8(14)7-10(9)12;1-3(2)4/h9-13,15-16H,2-7H2,1H3;4H,1H2,2H3/p-1. The van der Waals surface area contributed by atoms with E-state index in [1.807, 2.05) is 0 Å². The molecule has 0 aromatic heterocycles. The van der Waals surface area contributed by atoms with E-state index < -0.39 is 12.2 Å². The third-order valence-electron chi connectivity index (χ3n) is 4.22. The van der Waals surface area contributed by atoms with E-state index in [9.17, 15) is 20.1 Å². The van der Waals surface area contributed by atoms with Crippen LogP contribution in [0.4, 0.5) is 0 Å². The zero-order valence-corrected chi connectivity index (χ0v) is 12.5. The number of carbonyl (C=O) groups is 1. The number of ketones is 1. The number of hydrogen-bond donors (Lipinski definition) is 2. The Morgan fingerprint density at radius 1 is 1.35 bits per heavy atom. The van der Waals surface area contributed by atoms with Crippen molar-refractivity contribution in [3.63, 3.8) is 0 Å². The van der Waals surface area contributed by atoms with E-state index in [1.54, 1.807) is 0 Å². The molecule has 0 saturated heterocycles. The van der Waals surface area contributed by atoms with Gasteiger partial charge in [0.2, 0.25) is 0 Å². The summed E-state index contributed by atoms with van der Waals surface area (Å²) in [5.74, 6) is 1.21. The average molecular weight is 283 g/mol. The number of allylic oxidation sites excluding steroid dienone is 1. The van der Waals surface area contributed by atoms with Gasteiger partial charge in [0.25, 0.3) is 0 Å². The number of hydrogen-bond acceptors (Lipinski definition) is 4. The summed E-state index contributed by atoms with van der Waals surface area (Å²) in [6.45, 7) is 6.54. The van der Waals surface area contributed by atoms with E-state index in [-0.39, 0.29) is 11.7 Å². The Kier molecular flexibility index (Phi) is 6.69. The molecule has 2 saturated carbocycles. The maximum atomic E-state index is 11.1. The average Bonchev–Trinajstić information content (AvgIpc) is 2.85. The van der Waals surface area contributed by atoms with Crippen molar-refractivity contribution < 1.29 is 20.1 Å². The van der Waals surface area contributed by atoms with E-state index in [0.29, 0.717) is 36.9 Å². The monoisotopic (exact) mass is 283 g/mol. The van der Waals surface area contributed by atoms with Crippen LogP contribution in [-0.2, 0) is 4.79 Å². The number of aliphatic hydroxyl groups excluding tert-OH is 2. The zero-order chi connectivity index (χ0) is 15.3. The number of unbranched alkanes of at least 4 members (excludes halogenated alkanes) is 2. The van der Waals surface area contributed by atoms with Crippen LogP contribution in [0.3, 0.4) is 0 Å². The molecular formula is C16H27O4-. The van der Waals surface area contributed by atoms with E-state index in [1.165, 1.54) is 6.92 Å². The molecule has 2 fully saturated rings. The van der Waals surface area contributed by atoms with Gasteiger partial charge in [0.15, 0.2) is 0 Å². The van der Waals surface area contributed by atoms with Gasteiger partial charge in [0, 0.05) is 12.8 Å². The molecule has 0 spiro atoms. The molecule has 0 bridgehead atoms. The highest BCUT2D eigenvalue weighted by Gasteiger charge is 2.59. The second-order valence-corrected chi connectivity index (χ2v) is 6.11. The van der Waals surface area contributed by atoms with Gasteiger partial charge >= 0.3 is 0 Å². The van der Waals surface area contributed by atoms with Gasteiger partial charge in [-0.1, -0.05) is 33.1 Å². The molecule has 2 rings (SSSR count). The lowest BCUT2D eigenvalue weighted by Gasteiger charge is -2.19. The Labute approximate surface area is 121 Å². The van der Waals surface area contributed by atoms with Gasteiger partial charge in [-0.15, -0.1) is 12.3 Å². The molecule has 0 aromatic rings. The summed E-state index contributed by atoms with van der Waals surface area (Å²) < 4.78 is 0. The molecule has 2 N–H and O–H groups in total. The summed E-state index contributed by atoms with van der Waals surface area (Å²) >= 11 is 0. The summed E-state index contributed by atoms with van der Waals surface area (Å²) in [5, 5.41) is 29.2. The van der Waals surface area contributed by atoms with Crippen molar-refractivity contribution in [2.24, 2.45) is 17.8 Å². The van der Waals surface area contributed by atoms with Gasteiger partial charge in [-0.25, -0.2) is 0 Å². The minimum Gasteiger partial charge on any atom is -0.876 e. The number of aliphatic hydroxyl groups is 2. The van der Waals surface area contributed by atoms with E-state index in [4.69, 9.17) is 0 Å². The first kappa shape index (κ1) is 17.2. The molecule has 2 aliphatic rings. The van der Waals surface area contributed by atoms with Crippen LogP contribution in [0.1, 0.15) is 52.4 Å². The van der Waals surface area contributed by atoms with Gasteiger partial charge in [0.1, 0.15) is 5.78 Å². The first-order valence-electron chi connectivity index (χ1n) is 7.58. The van der Waals surface area contributed by atoms with Crippen molar-refractivity contribution in [2.75, 3.05) is 0 Å². The first-order valence-corrected chi connectivity index (χ1v) is 7.58. The van der Waals surface area contributed by atoms with Crippen LogP contribution in [0.5, 0.6) is 0 Å². The van der Waals surface area contributed by atoms with E-state index >= 15 is 0 Å². The van der Waals surface area contributed by atoms with Crippen LogP contribution in [-0.4, -0.2) is 28.2 Å². The molecule has 4 atom stereocenters. The van der Waals surface area contributed by atoms with Crippen molar-refractivity contribution in [1.82, 2.24) is 0 Å². The van der Waals surface area contributed by atoms with Crippen molar-refractivity contribution >= 4 is 5.78 Å². The van der Waals surface area contributed by atoms with Crippen LogP contribution in [0.25, 0.3) is 0 Å². The van der Waals surface area contributed by atoms with Crippen LogP contribution < -0.4 is 5.11 Å². The fourth-order valence-corrected chi connectivity index (χ4v) is 3.20. The van der Waals surface area contributed by atoms with Crippen LogP contribution in [0.2, 0.25) is 0 Å². The summed E-state index contributed by atoms with van der Waals surface area (Å²) in [5.41, 5.74) is 0. The second kappa shape index (κ2) is 7.79. The smallest absolute Gasteiger partial charge is 0.133 e. The molecule has 0 aromatic carbocycles. The lowest BCUT2D eigenvalue weighted by Crippen LogP contribution is -2.30. The third kappa shape index (κ3) is 4.91. The van der Waals surface area contributed by atoms with Crippen LogP contribution >= 0.6 is 0 Å². The highest BCUT2D eigenvalue weighted by atomic mass is 16.3. The SMILES string of the molecule is C=C(C)[O-].CCCCCC(O)C(O)C1C2CC(=O)CC21. The molecule has 20 heavy (non-hydrogen) atoms. The largest absolute Gasteiger partial charge is 0.876 e. The molecule has 4 nitrogen and oxygen atoms in total. The maximum absolute atomic E-state index is 11.1. The minimum atomic E-state index is -0.597. The minimum absolute atomic E-state index is 0.0833. The molecule has 0 radical (unpaired) electrons. The Bertz CT molecular complexity index is 321. The van der Waals surface area contributed by atoms with E-state index in [0.717, 1.165) is 19.3 Å². The van der Waals surface area contributed by atoms with Gasteiger partial charge in [-0.05, 0) is 24.2 Å². The lowest BCUT2D eigenvalue weighted by molar-refractivity contribution is -0.300. The Balaban J connectivity index is 0.000000444. The number of Topliss-reactive ketones (excluding diaryl/α,β-unsaturated/α-hetero) is 1. The van der Waals surface area contributed by atoms with Crippen molar-refractivity contribution in [2.45, 2.75) is 64.6 Å². The lowest BCUT2D eigenvalue weighted by atomic mass is 9.98. The summed E-state index contributed by atoms with van der Waals surface area (Å²) in [7, 11) is 0. The molecule has 116 valence electrons. The normalized spacial score (nSPS) is 30.0. The first-order chi connectivity index (χ1) is 9.38. The molecule has 0 heterocycles. The van der Waals surface area contributed by atoms with Crippen molar-refractivity contribution in [1.29, 1.82) is 0 Å². The fourth-order valence-electron chi connectivity index (χ4n) is 3.20. The predicted molar refractivity (Wildman–Crippen MR) is 75.7 cm³/mol. The van der Waals surface area contributed by atoms with Crippen LogP contribution in [0, 0.1) is 17.8 Å². The molecule has 0 amide bonds. The summed E-state index contributed by atoms with van der Waals surface area (Å²) in [4.78, 5) is 11.1. The quantitative estimate of drug-likeness (QED) is 0.570. The van der Waals surface area contributed by atoms with Gasteiger partial charge in [-0.2, -0.15) is 0 Å². The highest BCUT2D eigenvalue weighted by molar-refractivity contribution is 5.83. The van der Waals surface area contributed by atoms with Gasteiger partial charge in [-0.3, -0.25) is 4.79 Å². The van der Waals surface area contributed by atoms with Crippen LogP contribution in [0.15, 0.2) is 12.3 Å². The Morgan fingerprint density at radius 2 is 1.85 bits per heavy atom. The summed E-state index contributed by atoms with van der Waals surface area (Å²) in [6, 6.07) is 0. The third-order valence-corrected chi connectivity index (χ3v) is 4.22. The molecule has 0 aliphatic heterocycles. The summed E-state index contributed by atoms with van der Waals surface area (Å²) in [6.07, 6.45) is 4.00. The highest BCUT2D eigenvalue weighted by Crippen LogP contribution is 2.58. The second-order valence-electron chi connectivity index (χ2n) is 6.11. The predicted octanol–water partition coefficient (Wildman–Crippen LogP) is 1.39. The Hall–Kier alpha value is -0.870. The molecule has 4 unspecified atom stereocenters. The molecule has 4 heteroatoms. The molecule has 2 aliphatic carbocycles. The van der Waals surface area contributed by atoms with Gasteiger partial charge in [0.05, 0.1) is 12.2 Å². The molecular weight excluding hydrogens is 256 g/mol. The number of fused-ring (bicyclic) bond motifs is 1. The maximum Gasteiger partial charge on any atom is 0.133 e.